The lowest BCUT2D eigenvalue weighted by atomic mass is 10.0. The second-order valence-corrected chi connectivity index (χ2v) is 3.61. The fraction of sp³-hybridized carbons (Fsp3) is 0.364. The van der Waals surface area contributed by atoms with Crippen LogP contribution in [0.1, 0.15) is 23.7 Å². The van der Waals surface area contributed by atoms with Crippen LogP contribution in [0.4, 0.5) is 17.6 Å². The van der Waals surface area contributed by atoms with Gasteiger partial charge in [0.05, 0.1) is 24.2 Å². The van der Waals surface area contributed by atoms with Crippen molar-refractivity contribution >= 4 is 0 Å². The lowest BCUT2D eigenvalue weighted by Crippen LogP contribution is -2.18. The number of aliphatic hydroxyl groups is 2. The number of halogens is 4. The molecule has 0 radical (unpaired) electrons. The van der Waals surface area contributed by atoms with Gasteiger partial charge in [0.15, 0.2) is 0 Å². The van der Waals surface area contributed by atoms with Gasteiger partial charge in [-0.05, 0) is 17.7 Å². The molecular formula is C11H9F4NO2. The van der Waals surface area contributed by atoms with Gasteiger partial charge < -0.3 is 10.2 Å². The van der Waals surface area contributed by atoms with Crippen molar-refractivity contribution in [3.8, 4) is 6.07 Å². The lowest BCUT2D eigenvalue weighted by molar-refractivity contribution is -0.140. The zero-order chi connectivity index (χ0) is 13.9. The lowest BCUT2D eigenvalue weighted by Gasteiger charge is -2.16. The van der Waals surface area contributed by atoms with E-state index in [2.05, 4.69) is 0 Å². The molecule has 2 atom stereocenters. The summed E-state index contributed by atoms with van der Waals surface area (Å²) in [4.78, 5) is 0. The molecule has 1 rings (SSSR count). The number of rotatable bonds is 3. The van der Waals surface area contributed by atoms with Crippen LogP contribution < -0.4 is 0 Å². The molecule has 3 nitrogen and oxygen atoms in total. The van der Waals surface area contributed by atoms with Crippen molar-refractivity contribution in [3.63, 3.8) is 0 Å². The molecule has 0 aliphatic heterocycles. The van der Waals surface area contributed by atoms with Crippen LogP contribution in [0, 0.1) is 17.1 Å². The van der Waals surface area contributed by atoms with Crippen LogP contribution in [0.15, 0.2) is 18.2 Å². The van der Waals surface area contributed by atoms with Crippen molar-refractivity contribution in [2.75, 3.05) is 0 Å². The van der Waals surface area contributed by atoms with Gasteiger partial charge in [-0.15, -0.1) is 0 Å². The number of aliphatic hydroxyl groups excluding tert-OH is 2. The summed E-state index contributed by atoms with van der Waals surface area (Å²) in [6.07, 6.45) is -8.32. The second kappa shape index (κ2) is 5.33. The highest BCUT2D eigenvalue weighted by atomic mass is 19.4. The molecule has 0 heterocycles. The third-order valence-electron chi connectivity index (χ3n) is 2.30. The highest BCUT2D eigenvalue weighted by molar-refractivity contribution is 5.28. The van der Waals surface area contributed by atoms with Crippen LogP contribution >= 0.6 is 0 Å². The Bertz CT molecular complexity index is 467. The molecule has 7 heteroatoms. The zero-order valence-corrected chi connectivity index (χ0v) is 8.95. The predicted molar refractivity (Wildman–Crippen MR) is 52.6 cm³/mol. The minimum absolute atomic E-state index is 0.219. The summed E-state index contributed by atoms with van der Waals surface area (Å²) < 4.78 is 50.0. The van der Waals surface area contributed by atoms with Crippen molar-refractivity contribution in [3.05, 3.63) is 35.1 Å². The van der Waals surface area contributed by atoms with Gasteiger partial charge in [-0.1, -0.05) is 6.07 Å². The third kappa shape index (κ3) is 3.18. The number of benzene rings is 1. The molecule has 98 valence electrons. The molecule has 0 amide bonds. The van der Waals surface area contributed by atoms with Crippen molar-refractivity contribution in [2.24, 2.45) is 0 Å². The van der Waals surface area contributed by atoms with Gasteiger partial charge in [-0.3, -0.25) is 0 Å². The van der Waals surface area contributed by atoms with Gasteiger partial charge in [-0.25, -0.2) is 4.39 Å². The maximum Gasteiger partial charge on any atom is 0.419 e. The summed E-state index contributed by atoms with van der Waals surface area (Å²) in [5.41, 5.74) is -1.67. The van der Waals surface area contributed by atoms with E-state index in [1.54, 1.807) is 6.07 Å². The first-order valence-electron chi connectivity index (χ1n) is 4.87. The number of hydrogen-bond donors (Lipinski definition) is 2. The molecule has 0 aliphatic rings. The van der Waals surface area contributed by atoms with E-state index in [1.165, 1.54) is 0 Å². The largest absolute Gasteiger partial charge is 0.419 e. The van der Waals surface area contributed by atoms with E-state index in [4.69, 9.17) is 5.26 Å². The third-order valence-corrected chi connectivity index (χ3v) is 2.30. The van der Waals surface area contributed by atoms with Crippen LogP contribution in [0.3, 0.4) is 0 Å². The molecule has 0 bridgehead atoms. The summed E-state index contributed by atoms with van der Waals surface area (Å²) in [6, 6.07) is 3.42. The molecule has 0 aromatic heterocycles. The fourth-order valence-electron chi connectivity index (χ4n) is 1.37. The molecule has 0 aliphatic carbocycles. The molecule has 18 heavy (non-hydrogen) atoms. The summed E-state index contributed by atoms with van der Waals surface area (Å²) in [7, 11) is 0. The molecule has 0 saturated carbocycles. The minimum atomic E-state index is -4.82. The Labute approximate surface area is 99.9 Å². The van der Waals surface area contributed by atoms with E-state index < -0.39 is 36.2 Å². The first kappa shape index (κ1) is 14.4. The Hall–Kier alpha value is -1.65. The second-order valence-electron chi connectivity index (χ2n) is 3.61. The average molecular weight is 263 g/mol. The van der Waals surface area contributed by atoms with Crippen LogP contribution in [-0.2, 0) is 6.18 Å². The normalized spacial score (nSPS) is 14.9. The van der Waals surface area contributed by atoms with Crippen LogP contribution in [0.25, 0.3) is 0 Å². The number of alkyl halides is 3. The number of hydrogen-bond acceptors (Lipinski definition) is 3. The molecule has 0 saturated heterocycles. The Kier molecular flexibility index (Phi) is 4.27. The number of nitrogens with zero attached hydrogens (tertiary/aromatic N) is 1. The maximum absolute atomic E-state index is 13.2. The van der Waals surface area contributed by atoms with E-state index in [0.29, 0.717) is 12.1 Å². The molecule has 1 aromatic rings. The van der Waals surface area contributed by atoms with E-state index in [-0.39, 0.29) is 5.56 Å². The van der Waals surface area contributed by atoms with Crippen LogP contribution in [-0.4, -0.2) is 16.3 Å². The van der Waals surface area contributed by atoms with Gasteiger partial charge in [0, 0.05) is 0 Å². The Balaban J connectivity index is 3.02. The smallest absolute Gasteiger partial charge is 0.389 e. The SMILES string of the molecule is N#CCC(O)C(O)c1ccc(C(F)(F)F)c(F)c1. The van der Waals surface area contributed by atoms with Gasteiger partial charge in [0.2, 0.25) is 0 Å². The van der Waals surface area contributed by atoms with E-state index in [9.17, 15) is 27.8 Å². The monoisotopic (exact) mass is 263 g/mol. The van der Waals surface area contributed by atoms with Gasteiger partial charge in [-0.2, -0.15) is 18.4 Å². The first-order chi connectivity index (χ1) is 8.27. The predicted octanol–water partition coefficient (Wildman–Crippen LogP) is 2.15. The Morgan fingerprint density at radius 2 is 1.89 bits per heavy atom. The fourth-order valence-corrected chi connectivity index (χ4v) is 1.37. The van der Waals surface area contributed by atoms with Gasteiger partial charge in [0.1, 0.15) is 11.9 Å². The van der Waals surface area contributed by atoms with E-state index >= 15 is 0 Å². The quantitative estimate of drug-likeness (QED) is 0.821. The maximum atomic E-state index is 13.2. The Morgan fingerprint density at radius 3 is 2.33 bits per heavy atom. The molecule has 1 aromatic carbocycles. The first-order valence-corrected chi connectivity index (χ1v) is 4.87. The van der Waals surface area contributed by atoms with Crippen LogP contribution in [0.5, 0.6) is 0 Å². The topological polar surface area (TPSA) is 64.2 Å². The van der Waals surface area contributed by atoms with E-state index in [0.717, 1.165) is 6.07 Å². The van der Waals surface area contributed by atoms with Crippen molar-refractivity contribution in [1.29, 1.82) is 5.26 Å². The molecular weight excluding hydrogens is 254 g/mol. The standard InChI is InChI=1S/C11H9F4NO2/c12-8-5-6(10(18)9(17)3-4-16)1-2-7(8)11(13,14)15/h1-2,5,9-10,17-18H,3H2. The molecule has 0 fully saturated rings. The highest BCUT2D eigenvalue weighted by Gasteiger charge is 2.34. The zero-order valence-electron chi connectivity index (χ0n) is 8.95. The van der Waals surface area contributed by atoms with Crippen molar-refractivity contribution in [1.82, 2.24) is 0 Å². The minimum Gasteiger partial charge on any atom is -0.389 e. The van der Waals surface area contributed by atoms with Crippen molar-refractivity contribution < 1.29 is 27.8 Å². The van der Waals surface area contributed by atoms with Crippen molar-refractivity contribution in [2.45, 2.75) is 24.8 Å². The summed E-state index contributed by atoms with van der Waals surface area (Å²) in [6.45, 7) is 0. The number of nitriles is 1. The molecule has 2 N–H and O–H groups in total. The Morgan fingerprint density at radius 1 is 1.28 bits per heavy atom. The molecule has 0 spiro atoms. The van der Waals surface area contributed by atoms with Gasteiger partial charge >= 0.3 is 6.18 Å². The molecule has 2 unspecified atom stereocenters. The van der Waals surface area contributed by atoms with Gasteiger partial charge in [0.25, 0.3) is 0 Å². The summed E-state index contributed by atoms with van der Waals surface area (Å²) >= 11 is 0. The van der Waals surface area contributed by atoms with Crippen LogP contribution in [0.2, 0.25) is 0 Å². The summed E-state index contributed by atoms with van der Waals surface area (Å²) in [5, 5.41) is 27.1. The highest BCUT2D eigenvalue weighted by Crippen LogP contribution is 2.32. The van der Waals surface area contributed by atoms with E-state index in [1.807, 2.05) is 0 Å². The summed E-state index contributed by atoms with van der Waals surface area (Å²) in [5.74, 6) is -1.54. The average Bonchev–Trinajstić information content (AvgIpc) is 2.26.